The van der Waals surface area contributed by atoms with Gasteiger partial charge in [0, 0.05) is 30.9 Å². The van der Waals surface area contributed by atoms with Crippen molar-refractivity contribution >= 4 is 11.6 Å². The van der Waals surface area contributed by atoms with Gasteiger partial charge >= 0.3 is 6.18 Å². The quantitative estimate of drug-likeness (QED) is 0.723. The number of benzene rings is 1. The van der Waals surface area contributed by atoms with Crippen LogP contribution in [0, 0.1) is 5.92 Å². The Labute approximate surface area is 160 Å². The summed E-state index contributed by atoms with van der Waals surface area (Å²) < 4.78 is 46.6. The van der Waals surface area contributed by atoms with Crippen molar-refractivity contribution in [2.75, 3.05) is 7.11 Å². The van der Waals surface area contributed by atoms with Crippen molar-refractivity contribution in [3.63, 3.8) is 0 Å². The number of rotatable bonds is 2. The van der Waals surface area contributed by atoms with Gasteiger partial charge in [0.1, 0.15) is 11.6 Å². The van der Waals surface area contributed by atoms with E-state index in [1.54, 1.807) is 7.11 Å². The van der Waals surface area contributed by atoms with Crippen molar-refractivity contribution in [2.24, 2.45) is 5.92 Å². The number of nitrogens with zero attached hydrogens (tertiary/aromatic N) is 3. The fourth-order valence-corrected chi connectivity index (χ4v) is 4.49. The molecular formula is C19H21ClF3N3O. The van der Waals surface area contributed by atoms with Gasteiger partial charge in [0.05, 0.1) is 17.7 Å². The van der Waals surface area contributed by atoms with E-state index in [2.05, 4.69) is 10.2 Å². The predicted molar refractivity (Wildman–Crippen MR) is 95.3 cm³/mol. The first kappa shape index (κ1) is 18.7. The molecule has 1 aliphatic carbocycles. The van der Waals surface area contributed by atoms with Crippen molar-refractivity contribution in [1.82, 2.24) is 14.8 Å². The first-order valence-electron chi connectivity index (χ1n) is 9.19. The van der Waals surface area contributed by atoms with Crippen molar-refractivity contribution in [1.29, 1.82) is 0 Å². The van der Waals surface area contributed by atoms with Crippen LogP contribution >= 0.6 is 11.6 Å². The van der Waals surface area contributed by atoms with Crippen LogP contribution < -0.4 is 0 Å². The van der Waals surface area contributed by atoms with Gasteiger partial charge in [-0.15, -0.1) is 10.2 Å². The number of hydrogen-bond donors (Lipinski definition) is 0. The van der Waals surface area contributed by atoms with Crippen molar-refractivity contribution in [2.45, 2.75) is 56.7 Å². The van der Waals surface area contributed by atoms with Crippen LogP contribution in [0.25, 0.3) is 5.69 Å². The highest BCUT2D eigenvalue weighted by molar-refractivity contribution is 6.30. The van der Waals surface area contributed by atoms with Gasteiger partial charge in [-0.1, -0.05) is 11.6 Å². The third kappa shape index (κ3) is 3.59. The van der Waals surface area contributed by atoms with Crippen LogP contribution in [0.1, 0.15) is 48.8 Å². The summed E-state index contributed by atoms with van der Waals surface area (Å²) in [6.07, 6.45) is -1.61. The van der Waals surface area contributed by atoms with Gasteiger partial charge in [0.2, 0.25) is 0 Å². The molecule has 1 saturated carbocycles. The standard InChI is InChI=1S/C19H21ClF3N3O/c1-27-15-9-12-8-14(20)6-7-16(12)26-17(10-15)24-25-18(26)11-2-4-13(5-3-11)19(21,22)23/h6-8,11,13,15H,2-5,9-10H2,1H3/t11-,13-,15?. The highest BCUT2D eigenvalue weighted by Gasteiger charge is 2.42. The Morgan fingerprint density at radius 1 is 1.11 bits per heavy atom. The van der Waals surface area contributed by atoms with Crippen LogP contribution in [0.4, 0.5) is 13.2 Å². The normalized spacial score (nSPS) is 25.6. The average Bonchev–Trinajstić information content (AvgIpc) is 2.97. The summed E-state index contributed by atoms with van der Waals surface area (Å²) in [7, 11) is 1.67. The maximum Gasteiger partial charge on any atom is 0.391 e. The summed E-state index contributed by atoms with van der Waals surface area (Å²) in [5.74, 6) is 0.318. The van der Waals surface area contributed by atoms with Gasteiger partial charge in [-0.25, -0.2) is 0 Å². The molecule has 0 spiro atoms. The number of aromatic nitrogens is 3. The minimum Gasteiger partial charge on any atom is -0.381 e. The predicted octanol–water partition coefficient (Wildman–Crippen LogP) is 4.87. The molecule has 2 aromatic rings. The molecule has 1 aliphatic heterocycles. The zero-order chi connectivity index (χ0) is 19.2. The molecule has 27 heavy (non-hydrogen) atoms. The van der Waals surface area contributed by atoms with Crippen LogP contribution in [0.15, 0.2) is 18.2 Å². The average molecular weight is 400 g/mol. The van der Waals surface area contributed by atoms with Crippen molar-refractivity contribution < 1.29 is 17.9 Å². The van der Waals surface area contributed by atoms with E-state index in [-0.39, 0.29) is 24.9 Å². The molecule has 1 fully saturated rings. The number of halogens is 4. The van der Waals surface area contributed by atoms with E-state index < -0.39 is 12.1 Å². The molecule has 146 valence electrons. The van der Waals surface area contributed by atoms with Crippen LogP contribution in [0.3, 0.4) is 0 Å². The van der Waals surface area contributed by atoms with Gasteiger partial charge < -0.3 is 4.74 Å². The van der Waals surface area contributed by atoms with E-state index in [4.69, 9.17) is 16.3 Å². The molecule has 1 atom stereocenters. The minimum absolute atomic E-state index is 0.0209. The lowest BCUT2D eigenvalue weighted by molar-refractivity contribution is -0.182. The molecule has 1 aromatic heterocycles. The molecule has 4 rings (SSSR count). The third-order valence-corrected chi connectivity index (χ3v) is 6.02. The monoisotopic (exact) mass is 399 g/mol. The summed E-state index contributed by atoms with van der Waals surface area (Å²) in [5.41, 5.74) is 1.99. The summed E-state index contributed by atoms with van der Waals surface area (Å²) >= 11 is 6.18. The molecule has 0 radical (unpaired) electrons. The van der Waals surface area contributed by atoms with E-state index in [1.165, 1.54) is 0 Å². The number of alkyl halides is 3. The first-order valence-corrected chi connectivity index (χ1v) is 9.57. The molecule has 1 unspecified atom stereocenters. The van der Waals surface area contributed by atoms with Crippen molar-refractivity contribution in [3.05, 3.63) is 40.4 Å². The van der Waals surface area contributed by atoms with Crippen LogP contribution in [-0.4, -0.2) is 34.2 Å². The number of methoxy groups -OCH3 is 1. The summed E-state index contributed by atoms with van der Waals surface area (Å²) in [4.78, 5) is 0. The molecule has 2 aliphatic rings. The SMILES string of the molecule is COC1Cc2cc(Cl)ccc2-n2c(nnc2[C@H]2CC[C@H](C(F)(F)F)CC2)C1. The van der Waals surface area contributed by atoms with Gasteiger partial charge in [-0.05, 0) is 49.4 Å². The summed E-state index contributed by atoms with van der Waals surface area (Å²) in [5, 5.41) is 9.39. The molecule has 0 amide bonds. The number of ether oxygens (including phenoxy) is 1. The molecular weight excluding hydrogens is 379 g/mol. The zero-order valence-corrected chi connectivity index (χ0v) is 15.7. The molecule has 8 heteroatoms. The topological polar surface area (TPSA) is 39.9 Å². The Bertz CT molecular complexity index is 828. The molecule has 1 aromatic carbocycles. The van der Waals surface area contributed by atoms with E-state index in [0.29, 0.717) is 30.7 Å². The van der Waals surface area contributed by atoms with E-state index in [9.17, 15) is 13.2 Å². The molecule has 0 bridgehead atoms. The highest BCUT2D eigenvalue weighted by atomic mass is 35.5. The fraction of sp³-hybridized carbons (Fsp3) is 0.579. The van der Waals surface area contributed by atoms with Crippen LogP contribution in [0.2, 0.25) is 5.02 Å². The van der Waals surface area contributed by atoms with E-state index in [1.807, 2.05) is 22.8 Å². The third-order valence-electron chi connectivity index (χ3n) is 5.78. The van der Waals surface area contributed by atoms with E-state index in [0.717, 1.165) is 22.9 Å². The minimum atomic E-state index is -4.11. The smallest absolute Gasteiger partial charge is 0.381 e. The maximum absolute atomic E-state index is 13.0. The van der Waals surface area contributed by atoms with Crippen LogP contribution in [0.5, 0.6) is 0 Å². The number of hydrogen-bond acceptors (Lipinski definition) is 3. The maximum atomic E-state index is 13.0. The summed E-state index contributed by atoms with van der Waals surface area (Å²) in [6, 6.07) is 5.68. The zero-order valence-electron chi connectivity index (χ0n) is 15.0. The molecule has 0 saturated heterocycles. The van der Waals surface area contributed by atoms with Crippen molar-refractivity contribution in [3.8, 4) is 5.69 Å². The van der Waals surface area contributed by atoms with Gasteiger partial charge in [0.15, 0.2) is 0 Å². The number of fused-ring (bicyclic) bond motifs is 3. The lowest BCUT2D eigenvalue weighted by atomic mass is 9.81. The Hall–Kier alpha value is -1.60. The first-order chi connectivity index (χ1) is 12.9. The molecule has 0 N–H and O–H groups in total. The van der Waals surface area contributed by atoms with E-state index >= 15 is 0 Å². The Balaban J connectivity index is 1.69. The van der Waals surface area contributed by atoms with Gasteiger partial charge in [-0.3, -0.25) is 4.57 Å². The lowest BCUT2D eigenvalue weighted by Gasteiger charge is -2.29. The largest absolute Gasteiger partial charge is 0.391 e. The molecule has 2 heterocycles. The second-order valence-electron chi connectivity index (χ2n) is 7.44. The van der Waals surface area contributed by atoms with Gasteiger partial charge in [-0.2, -0.15) is 13.2 Å². The Morgan fingerprint density at radius 3 is 2.52 bits per heavy atom. The molecule has 4 nitrogen and oxygen atoms in total. The van der Waals surface area contributed by atoms with Crippen LogP contribution in [-0.2, 0) is 17.6 Å². The second-order valence-corrected chi connectivity index (χ2v) is 7.88. The lowest BCUT2D eigenvalue weighted by Crippen LogP contribution is -2.28. The van der Waals surface area contributed by atoms with Gasteiger partial charge in [0.25, 0.3) is 0 Å². The fourth-order valence-electron chi connectivity index (χ4n) is 4.29. The highest BCUT2D eigenvalue weighted by Crippen LogP contribution is 2.43. The Kier molecular flexibility index (Phi) is 4.93. The Morgan fingerprint density at radius 2 is 1.85 bits per heavy atom. The second kappa shape index (κ2) is 7.09. The summed E-state index contributed by atoms with van der Waals surface area (Å²) in [6.45, 7) is 0.